The first-order valence-corrected chi connectivity index (χ1v) is 12.6. The van der Waals surface area contributed by atoms with Crippen molar-refractivity contribution in [2.75, 3.05) is 18.4 Å². The second kappa shape index (κ2) is 9.95. The summed E-state index contributed by atoms with van der Waals surface area (Å²) < 4.78 is 48.0. The number of hydrogen-bond acceptors (Lipinski definition) is 4. The minimum atomic E-state index is -4.06. The van der Waals surface area contributed by atoms with Crippen molar-refractivity contribution < 1.29 is 22.3 Å². The number of ether oxygens (including phenoxy) is 1. The van der Waals surface area contributed by atoms with Crippen LogP contribution >= 0.6 is 0 Å². The van der Waals surface area contributed by atoms with Crippen LogP contribution in [0.15, 0.2) is 77.7 Å². The van der Waals surface area contributed by atoms with Gasteiger partial charge in [-0.05, 0) is 72.9 Å². The summed E-state index contributed by atoms with van der Waals surface area (Å²) in [7, 11) is -4.06. The highest BCUT2D eigenvalue weighted by Gasteiger charge is 2.33. The highest BCUT2D eigenvalue weighted by Crippen LogP contribution is 2.29. The van der Waals surface area contributed by atoms with Crippen LogP contribution in [0.5, 0.6) is 11.5 Å². The molecule has 1 heterocycles. The van der Waals surface area contributed by atoms with Crippen molar-refractivity contribution in [1.82, 2.24) is 4.31 Å². The van der Waals surface area contributed by atoms with Crippen LogP contribution in [-0.4, -0.2) is 31.7 Å². The molecule has 1 aliphatic heterocycles. The predicted octanol–water partition coefficient (Wildman–Crippen LogP) is 5.54. The smallest absolute Gasteiger partial charge is 0.255 e. The SMILES string of the molecule is C[C@@H]1C[C@@H](C)CN(S(=O)(=O)c2cc(C(=O)Nc3ccc(Oc4ccccc4)cc3)ccc2F)C1. The van der Waals surface area contributed by atoms with Gasteiger partial charge in [0.1, 0.15) is 22.2 Å². The summed E-state index contributed by atoms with van der Waals surface area (Å²) >= 11 is 0. The fourth-order valence-electron chi connectivity index (χ4n) is 4.22. The van der Waals surface area contributed by atoms with Gasteiger partial charge in [0.15, 0.2) is 0 Å². The minimum Gasteiger partial charge on any atom is -0.457 e. The van der Waals surface area contributed by atoms with E-state index < -0.39 is 26.6 Å². The van der Waals surface area contributed by atoms with Crippen molar-refractivity contribution in [3.63, 3.8) is 0 Å². The summed E-state index contributed by atoms with van der Waals surface area (Å²) in [5.41, 5.74) is 0.556. The van der Waals surface area contributed by atoms with E-state index in [-0.39, 0.29) is 17.4 Å². The van der Waals surface area contributed by atoms with E-state index in [2.05, 4.69) is 5.32 Å². The summed E-state index contributed by atoms with van der Waals surface area (Å²) in [5.74, 6) is 0.253. The fourth-order valence-corrected chi connectivity index (χ4v) is 5.99. The number of carbonyl (C=O) groups excluding carboxylic acids is 1. The van der Waals surface area contributed by atoms with Gasteiger partial charge >= 0.3 is 0 Å². The van der Waals surface area contributed by atoms with Crippen molar-refractivity contribution >= 4 is 21.6 Å². The first-order chi connectivity index (χ1) is 16.2. The van der Waals surface area contributed by atoms with Crippen molar-refractivity contribution in [2.24, 2.45) is 11.8 Å². The molecule has 1 fully saturated rings. The Hall–Kier alpha value is -3.23. The number of sulfonamides is 1. The maximum absolute atomic E-state index is 14.6. The summed E-state index contributed by atoms with van der Waals surface area (Å²) in [6.45, 7) is 4.63. The third-order valence-electron chi connectivity index (χ3n) is 5.74. The zero-order valence-electron chi connectivity index (χ0n) is 19.1. The summed E-state index contributed by atoms with van der Waals surface area (Å²) in [4.78, 5) is 12.3. The fraction of sp³-hybridized carbons (Fsp3) is 0.269. The first-order valence-electron chi connectivity index (χ1n) is 11.2. The molecule has 3 aromatic rings. The Morgan fingerprint density at radius 2 is 1.56 bits per heavy atom. The number of hydrogen-bond donors (Lipinski definition) is 1. The van der Waals surface area contributed by atoms with Crippen molar-refractivity contribution in [3.8, 4) is 11.5 Å². The number of benzene rings is 3. The van der Waals surface area contributed by atoms with E-state index in [4.69, 9.17) is 4.74 Å². The van der Waals surface area contributed by atoms with Gasteiger partial charge < -0.3 is 10.1 Å². The van der Waals surface area contributed by atoms with Crippen LogP contribution < -0.4 is 10.1 Å². The number of nitrogens with one attached hydrogen (secondary N) is 1. The Labute approximate surface area is 199 Å². The van der Waals surface area contributed by atoms with Gasteiger partial charge in [-0.25, -0.2) is 12.8 Å². The standard InChI is InChI=1S/C26H27FN2O4S/c1-18-14-19(2)17-29(16-18)34(31,32)25-15-20(8-13-24(25)27)26(30)28-21-9-11-23(12-10-21)33-22-6-4-3-5-7-22/h3-13,15,18-19H,14,16-17H2,1-2H3,(H,28,30)/t18-,19-/m1/s1. The Morgan fingerprint density at radius 3 is 2.21 bits per heavy atom. The number of anilines is 1. The molecule has 1 aliphatic rings. The lowest BCUT2D eigenvalue weighted by molar-refractivity contribution is 0.102. The number of halogens is 1. The van der Waals surface area contributed by atoms with Crippen LogP contribution in [0.3, 0.4) is 0 Å². The highest BCUT2D eigenvalue weighted by molar-refractivity contribution is 7.89. The topological polar surface area (TPSA) is 75.7 Å². The van der Waals surface area contributed by atoms with E-state index in [9.17, 15) is 17.6 Å². The Kier molecular flexibility index (Phi) is 7.00. The number of nitrogens with zero attached hydrogens (tertiary/aromatic N) is 1. The molecule has 6 nitrogen and oxygen atoms in total. The van der Waals surface area contributed by atoms with Crippen LogP contribution in [-0.2, 0) is 10.0 Å². The zero-order valence-corrected chi connectivity index (χ0v) is 19.9. The van der Waals surface area contributed by atoms with Gasteiger partial charge in [0.05, 0.1) is 0 Å². The molecule has 34 heavy (non-hydrogen) atoms. The quantitative estimate of drug-likeness (QED) is 0.501. The Balaban J connectivity index is 1.49. The number of carbonyl (C=O) groups is 1. The summed E-state index contributed by atoms with van der Waals surface area (Å²) in [5, 5.41) is 2.72. The van der Waals surface area contributed by atoms with E-state index in [1.54, 1.807) is 24.3 Å². The van der Waals surface area contributed by atoms with E-state index in [1.807, 2.05) is 44.2 Å². The molecule has 8 heteroatoms. The summed E-state index contributed by atoms with van der Waals surface area (Å²) in [6, 6.07) is 19.5. The maximum Gasteiger partial charge on any atom is 0.255 e. The van der Waals surface area contributed by atoms with Gasteiger partial charge in [-0.1, -0.05) is 32.0 Å². The predicted molar refractivity (Wildman–Crippen MR) is 129 cm³/mol. The highest BCUT2D eigenvalue weighted by atomic mass is 32.2. The van der Waals surface area contributed by atoms with E-state index in [1.165, 1.54) is 10.4 Å². The molecule has 1 saturated heterocycles. The summed E-state index contributed by atoms with van der Waals surface area (Å²) in [6.07, 6.45) is 0.923. The van der Waals surface area contributed by atoms with E-state index in [0.717, 1.165) is 18.6 Å². The third-order valence-corrected chi connectivity index (χ3v) is 7.58. The van der Waals surface area contributed by atoms with Gasteiger partial charge in [0.25, 0.3) is 5.91 Å². The average Bonchev–Trinajstić information content (AvgIpc) is 2.80. The van der Waals surface area contributed by atoms with E-state index >= 15 is 0 Å². The van der Waals surface area contributed by atoms with Crippen molar-refractivity contribution in [3.05, 3.63) is 84.2 Å². The van der Waals surface area contributed by atoms with Crippen LogP contribution in [0.1, 0.15) is 30.6 Å². The molecule has 4 rings (SSSR count). The molecule has 178 valence electrons. The van der Waals surface area contributed by atoms with Crippen molar-refractivity contribution in [1.29, 1.82) is 0 Å². The molecule has 0 aliphatic carbocycles. The van der Waals surface area contributed by atoms with Gasteiger partial charge in [-0.3, -0.25) is 4.79 Å². The molecule has 0 radical (unpaired) electrons. The normalized spacial score (nSPS) is 18.9. The van der Waals surface area contributed by atoms with Crippen LogP contribution in [0.2, 0.25) is 0 Å². The second-order valence-electron chi connectivity index (χ2n) is 8.81. The average molecular weight is 483 g/mol. The molecule has 0 bridgehead atoms. The Morgan fingerprint density at radius 1 is 0.941 bits per heavy atom. The molecule has 2 atom stereocenters. The van der Waals surface area contributed by atoms with Gasteiger partial charge in [0.2, 0.25) is 10.0 Å². The van der Waals surface area contributed by atoms with E-state index in [0.29, 0.717) is 30.3 Å². The molecule has 0 aromatic heterocycles. The Bertz CT molecular complexity index is 1250. The second-order valence-corrected chi connectivity index (χ2v) is 10.7. The zero-order chi connectivity index (χ0) is 24.3. The maximum atomic E-state index is 14.6. The molecular weight excluding hydrogens is 455 g/mol. The lowest BCUT2D eigenvalue weighted by atomic mass is 9.94. The molecule has 0 unspecified atom stereocenters. The largest absolute Gasteiger partial charge is 0.457 e. The lowest BCUT2D eigenvalue weighted by Crippen LogP contribution is -2.42. The molecule has 0 saturated carbocycles. The number of piperidine rings is 1. The molecule has 1 amide bonds. The van der Waals surface area contributed by atoms with Crippen LogP contribution in [0, 0.1) is 17.7 Å². The first kappa shape index (κ1) is 23.9. The van der Waals surface area contributed by atoms with Crippen LogP contribution in [0.4, 0.5) is 10.1 Å². The molecule has 3 aromatic carbocycles. The molecular formula is C26H27FN2O4S. The minimum absolute atomic E-state index is 0.0580. The van der Waals surface area contributed by atoms with Crippen molar-refractivity contribution in [2.45, 2.75) is 25.2 Å². The molecule has 1 N–H and O–H groups in total. The van der Waals surface area contributed by atoms with Crippen LogP contribution in [0.25, 0.3) is 0 Å². The number of rotatable bonds is 6. The third kappa shape index (κ3) is 5.46. The van der Waals surface area contributed by atoms with Gasteiger partial charge in [-0.15, -0.1) is 0 Å². The molecule has 0 spiro atoms. The lowest BCUT2D eigenvalue weighted by Gasteiger charge is -2.34. The van der Waals surface area contributed by atoms with Gasteiger partial charge in [-0.2, -0.15) is 4.31 Å². The monoisotopic (exact) mass is 482 g/mol. The number of para-hydroxylation sites is 1. The van der Waals surface area contributed by atoms with Gasteiger partial charge in [0, 0.05) is 24.3 Å². The number of amides is 1.